The van der Waals surface area contributed by atoms with Crippen molar-refractivity contribution in [2.24, 2.45) is 0 Å². The summed E-state index contributed by atoms with van der Waals surface area (Å²) >= 11 is 0. The number of aromatic nitrogens is 1. The molecule has 7 nitrogen and oxygen atoms in total. The lowest BCUT2D eigenvalue weighted by atomic mass is 10.2. The highest BCUT2D eigenvalue weighted by Crippen LogP contribution is 2.20. The lowest BCUT2D eigenvalue weighted by Gasteiger charge is -2.08. The molecule has 3 rings (SSSR count). The normalized spacial score (nSPS) is 10.5. The molecule has 1 aromatic carbocycles. The molecular formula is C17H18N4O3. The Kier molecular flexibility index (Phi) is 4.51. The highest BCUT2D eigenvalue weighted by atomic mass is 16.3. The molecule has 124 valence electrons. The number of benzene rings is 1. The average molecular weight is 326 g/mol. The molecule has 0 radical (unpaired) electrons. The monoisotopic (exact) mass is 326 g/mol. The number of hydrogen-bond donors (Lipinski definition) is 3. The number of fused-ring (bicyclic) bond motifs is 1. The van der Waals surface area contributed by atoms with Crippen LogP contribution in [-0.4, -0.2) is 23.6 Å². The van der Waals surface area contributed by atoms with Gasteiger partial charge >= 0.3 is 6.03 Å². The first-order valence-corrected chi connectivity index (χ1v) is 7.52. The van der Waals surface area contributed by atoms with Crippen LogP contribution in [0.4, 0.5) is 10.5 Å². The van der Waals surface area contributed by atoms with Gasteiger partial charge < -0.3 is 24.9 Å². The van der Waals surface area contributed by atoms with Crippen LogP contribution in [0.5, 0.6) is 0 Å². The zero-order chi connectivity index (χ0) is 16.9. The third-order valence-corrected chi connectivity index (χ3v) is 3.63. The smallest absolute Gasteiger partial charge is 0.319 e. The minimum atomic E-state index is -0.324. The van der Waals surface area contributed by atoms with E-state index in [4.69, 9.17) is 4.42 Å². The lowest BCUT2D eigenvalue weighted by Crippen LogP contribution is -2.28. The van der Waals surface area contributed by atoms with E-state index < -0.39 is 0 Å². The van der Waals surface area contributed by atoms with E-state index in [1.165, 1.54) is 0 Å². The van der Waals surface area contributed by atoms with E-state index in [-0.39, 0.29) is 18.5 Å². The predicted octanol–water partition coefficient (Wildman–Crippen LogP) is 2.30. The molecule has 0 aliphatic carbocycles. The summed E-state index contributed by atoms with van der Waals surface area (Å²) < 4.78 is 6.99. The van der Waals surface area contributed by atoms with Crippen molar-refractivity contribution in [1.29, 1.82) is 0 Å². The molecule has 2 heterocycles. The summed E-state index contributed by atoms with van der Waals surface area (Å²) in [5.74, 6) is 0.599. The number of carbonyl (C=O) groups is 2. The molecule has 3 aromatic rings. The Balaban J connectivity index is 1.69. The third kappa shape index (κ3) is 3.57. The Morgan fingerprint density at radius 3 is 2.83 bits per heavy atom. The van der Waals surface area contributed by atoms with E-state index >= 15 is 0 Å². The highest BCUT2D eigenvalue weighted by Gasteiger charge is 2.08. The van der Waals surface area contributed by atoms with Crippen molar-refractivity contribution < 1.29 is 14.0 Å². The number of furan rings is 1. The molecule has 0 bridgehead atoms. The molecule has 0 aliphatic heterocycles. The summed E-state index contributed by atoms with van der Waals surface area (Å²) in [5.41, 5.74) is 1.53. The van der Waals surface area contributed by atoms with Crippen molar-refractivity contribution in [1.82, 2.24) is 15.2 Å². The van der Waals surface area contributed by atoms with Crippen LogP contribution in [0.2, 0.25) is 0 Å². The van der Waals surface area contributed by atoms with Gasteiger partial charge in [0.15, 0.2) is 0 Å². The number of urea groups is 1. The number of nitrogens with one attached hydrogen (secondary N) is 3. The fourth-order valence-electron chi connectivity index (χ4n) is 2.39. The number of carbonyl (C=O) groups excluding carboxylic acids is 2. The summed E-state index contributed by atoms with van der Waals surface area (Å²) in [6.07, 6.45) is 3.41. The third-order valence-electron chi connectivity index (χ3n) is 3.63. The number of likely N-dealkylation sites (N-methyl/N-ethyl adjacent to an activating group) is 1. The summed E-state index contributed by atoms with van der Waals surface area (Å²) in [4.78, 5) is 23.5. The second-order valence-electron chi connectivity index (χ2n) is 5.28. The van der Waals surface area contributed by atoms with Crippen molar-refractivity contribution >= 4 is 28.5 Å². The number of nitrogens with zero attached hydrogens (tertiary/aromatic N) is 1. The zero-order valence-corrected chi connectivity index (χ0v) is 13.2. The van der Waals surface area contributed by atoms with Crippen molar-refractivity contribution in [3.8, 4) is 0 Å². The fraction of sp³-hybridized carbons (Fsp3) is 0.176. The maximum atomic E-state index is 12.0. The van der Waals surface area contributed by atoms with Gasteiger partial charge in [-0.15, -0.1) is 0 Å². The van der Waals surface area contributed by atoms with Crippen molar-refractivity contribution in [2.45, 2.75) is 13.1 Å². The zero-order valence-electron chi connectivity index (χ0n) is 13.2. The highest BCUT2D eigenvalue weighted by molar-refractivity contribution is 5.93. The van der Waals surface area contributed by atoms with Crippen LogP contribution in [0.15, 0.2) is 53.3 Å². The summed E-state index contributed by atoms with van der Waals surface area (Å²) in [7, 11) is 1.60. The molecule has 7 heteroatoms. The first-order valence-electron chi connectivity index (χ1n) is 7.52. The first-order chi connectivity index (χ1) is 11.7. The second-order valence-corrected chi connectivity index (χ2v) is 5.28. The van der Waals surface area contributed by atoms with E-state index in [0.29, 0.717) is 18.0 Å². The molecule has 0 aliphatic rings. The van der Waals surface area contributed by atoms with Gasteiger partial charge in [-0.05, 0) is 35.7 Å². The molecule has 0 fully saturated rings. The Morgan fingerprint density at radius 2 is 2.08 bits per heavy atom. The number of amides is 3. The van der Waals surface area contributed by atoms with Gasteiger partial charge in [-0.3, -0.25) is 4.79 Å². The van der Waals surface area contributed by atoms with Gasteiger partial charge in [0.2, 0.25) is 5.91 Å². The Morgan fingerprint density at radius 1 is 1.21 bits per heavy atom. The van der Waals surface area contributed by atoms with E-state index in [2.05, 4.69) is 16.0 Å². The van der Waals surface area contributed by atoms with Crippen LogP contribution in [0.1, 0.15) is 5.76 Å². The summed E-state index contributed by atoms with van der Waals surface area (Å²) in [6.45, 7) is 0.544. The Bertz CT molecular complexity index is 852. The van der Waals surface area contributed by atoms with Crippen LogP contribution in [0, 0.1) is 0 Å². The quantitative estimate of drug-likeness (QED) is 0.672. The molecule has 0 saturated heterocycles. The van der Waals surface area contributed by atoms with Gasteiger partial charge in [-0.25, -0.2) is 4.79 Å². The molecule has 2 aromatic heterocycles. The summed E-state index contributed by atoms with van der Waals surface area (Å²) in [6, 6.07) is 10.7. The fourth-order valence-corrected chi connectivity index (χ4v) is 2.39. The van der Waals surface area contributed by atoms with Crippen LogP contribution in [0.3, 0.4) is 0 Å². The average Bonchev–Trinajstić information content (AvgIpc) is 3.23. The largest absolute Gasteiger partial charge is 0.467 e. The van der Waals surface area contributed by atoms with Crippen molar-refractivity contribution in [2.75, 3.05) is 12.4 Å². The Hall–Kier alpha value is -3.22. The molecule has 0 saturated carbocycles. The SMILES string of the molecule is CNC(=O)Cn1ccc2ccc(NC(=O)NCc3ccco3)cc21. The molecule has 0 atom stereocenters. The standard InChI is InChI=1S/C17H18N4O3/c1-18-16(22)11-21-7-6-12-4-5-13(9-15(12)21)20-17(23)19-10-14-3-2-8-24-14/h2-9H,10-11H2,1H3,(H,18,22)(H2,19,20,23). The van der Waals surface area contributed by atoms with Crippen molar-refractivity contribution in [3.05, 3.63) is 54.6 Å². The second kappa shape index (κ2) is 6.91. The van der Waals surface area contributed by atoms with Gasteiger partial charge in [-0.2, -0.15) is 0 Å². The van der Waals surface area contributed by atoms with Gasteiger partial charge in [0, 0.05) is 18.9 Å². The molecular weight excluding hydrogens is 308 g/mol. The molecule has 0 unspecified atom stereocenters. The predicted molar refractivity (Wildman–Crippen MR) is 90.6 cm³/mol. The van der Waals surface area contributed by atoms with Gasteiger partial charge in [0.05, 0.1) is 18.3 Å². The minimum absolute atomic E-state index is 0.0814. The van der Waals surface area contributed by atoms with Crippen LogP contribution in [0.25, 0.3) is 10.9 Å². The summed E-state index contributed by atoms with van der Waals surface area (Å²) in [5, 5.41) is 9.09. The maximum Gasteiger partial charge on any atom is 0.319 e. The van der Waals surface area contributed by atoms with Crippen LogP contribution in [-0.2, 0) is 17.9 Å². The molecule has 3 N–H and O–H groups in total. The molecule has 3 amide bonds. The topological polar surface area (TPSA) is 88.3 Å². The minimum Gasteiger partial charge on any atom is -0.467 e. The maximum absolute atomic E-state index is 12.0. The van der Waals surface area contributed by atoms with Crippen molar-refractivity contribution in [3.63, 3.8) is 0 Å². The lowest BCUT2D eigenvalue weighted by molar-refractivity contribution is -0.121. The number of anilines is 1. The number of hydrogen-bond acceptors (Lipinski definition) is 3. The van der Waals surface area contributed by atoms with Crippen LogP contribution < -0.4 is 16.0 Å². The molecule has 24 heavy (non-hydrogen) atoms. The number of rotatable bonds is 5. The van der Waals surface area contributed by atoms with Gasteiger partial charge in [0.25, 0.3) is 0 Å². The van der Waals surface area contributed by atoms with E-state index in [1.54, 1.807) is 25.4 Å². The first kappa shape index (κ1) is 15.7. The Labute approximate surface area is 138 Å². The van der Waals surface area contributed by atoms with E-state index in [9.17, 15) is 9.59 Å². The molecule has 0 spiro atoms. The van der Waals surface area contributed by atoms with Gasteiger partial charge in [0.1, 0.15) is 12.3 Å². The van der Waals surface area contributed by atoms with Crippen LogP contribution >= 0.6 is 0 Å². The van der Waals surface area contributed by atoms with E-state index in [1.807, 2.05) is 35.0 Å². The van der Waals surface area contributed by atoms with E-state index in [0.717, 1.165) is 10.9 Å². The van der Waals surface area contributed by atoms with Gasteiger partial charge in [-0.1, -0.05) is 6.07 Å².